The van der Waals surface area contributed by atoms with E-state index in [0.29, 0.717) is 29.2 Å². The van der Waals surface area contributed by atoms with Crippen molar-refractivity contribution in [3.05, 3.63) is 89.2 Å². The quantitative estimate of drug-likeness (QED) is 0.736. The molecule has 3 aromatic rings. The van der Waals surface area contributed by atoms with Gasteiger partial charge in [0, 0.05) is 6.54 Å². The Labute approximate surface area is 152 Å². The minimum atomic E-state index is -0.227. The Balaban J connectivity index is 1.62. The van der Waals surface area contributed by atoms with Crippen molar-refractivity contribution in [1.82, 2.24) is 10.3 Å². The molecule has 0 atom stereocenters. The van der Waals surface area contributed by atoms with Crippen molar-refractivity contribution < 1.29 is 4.79 Å². The van der Waals surface area contributed by atoms with Gasteiger partial charge in [-0.2, -0.15) is 5.26 Å². The number of benzene rings is 2. The van der Waals surface area contributed by atoms with E-state index in [9.17, 15) is 4.79 Å². The van der Waals surface area contributed by atoms with Crippen molar-refractivity contribution in [1.29, 1.82) is 5.26 Å². The number of anilines is 2. The Morgan fingerprint density at radius 2 is 1.85 bits per heavy atom. The van der Waals surface area contributed by atoms with Gasteiger partial charge in [-0.25, -0.2) is 4.98 Å². The predicted octanol–water partition coefficient (Wildman–Crippen LogP) is 3.94. The second-order valence-electron chi connectivity index (χ2n) is 5.88. The van der Waals surface area contributed by atoms with Crippen molar-refractivity contribution in [3.8, 4) is 6.07 Å². The van der Waals surface area contributed by atoms with Crippen LogP contribution in [0.25, 0.3) is 0 Å². The Morgan fingerprint density at radius 1 is 1.08 bits per heavy atom. The number of carbonyl (C=O) groups excluding carboxylic acids is 1. The molecule has 1 amide bonds. The Kier molecular flexibility index (Phi) is 5.25. The fraction of sp³-hybridized carbons (Fsp3) is 0.0952. The van der Waals surface area contributed by atoms with Crippen LogP contribution < -0.4 is 10.6 Å². The van der Waals surface area contributed by atoms with E-state index in [0.717, 1.165) is 5.56 Å². The van der Waals surface area contributed by atoms with E-state index in [4.69, 9.17) is 5.26 Å². The summed E-state index contributed by atoms with van der Waals surface area (Å²) in [5.41, 5.74) is 4.53. The van der Waals surface area contributed by atoms with Crippen LogP contribution >= 0.6 is 0 Å². The molecule has 0 aliphatic carbocycles. The number of amides is 1. The number of aryl methyl sites for hydroxylation is 1. The highest BCUT2D eigenvalue weighted by molar-refractivity contribution is 5.92. The number of hydrogen-bond donors (Lipinski definition) is 2. The summed E-state index contributed by atoms with van der Waals surface area (Å²) < 4.78 is 0. The molecular weight excluding hydrogens is 324 g/mol. The van der Waals surface area contributed by atoms with Gasteiger partial charge in [-0.05, 0) is 36.8 Å². The summed E-state index contributed by atoms with van der Waals surface area (Å²) in [5, 5.41) is 15.1. The van der Waals surface area contributed by atoms with Crippen LogP contribution in [0.15, 0.2) is 66.9 Å². The van der Waals surface area contributed by atoms with E-state index in [2.05, 4.69) is 21.7 Å². The molecule has 0 unspecified atom stereocenters. The molecule has 2 aromatic carbocycles. The van der Waals surface area contributed by atoms with Crippen LogP contribution in [0.3, 0.4) is 0 Å². The fourth-order valence-electron chi connectivity index (χ4n) is 2.43. The smallest absolute Gasteiger partial charge is 0.270 e. The van der Waals surface area contributed by atoms with Crippen molar-refractivity contribution in [2.24, 2.45) is 0 Å². The number of nitrogens with one attached hydrogen (secondary N) is 2. The minimum Gasteiger partial charge on any atom is -0.353 e. The van der Waals surface area contributed by atoms with E-state index in [-0.39, 0.29) is 5.91 Å². The first-order valence-electron chi connectivity index (χ1n) is 8.21. The molecule has 0 saturated heterocycles. The van der Waals surface area contributed by atoms with Crippen LogP contribution in [0.5, 0.6) is 0 Å². The molecule has 0 aliphatic heterocycles. The van der Waals surface area contributed by atoms with Crippen LogP contribution in [-0.2, 0) is 6.54 Å². The van der Waals surface area contributed by atoms with E-state index in [1.807, 2.05) is 49.4 Å². The Morgan fingerprint density at radius 3 is 2.54 bits per heavy atom. The zero-order valence-corrected chi connectivity index (χ0v) is 14.4. The summed E-state index contributed by atoms with van der Waals surface area (Å²) in [6.07, 6.45) is 1.58. The summed E-state index contributed by atoms with van der Waals surface area (Å²) in [5.74, 6) is -0.227. The maximum absolute atomic E-state index is 12.2. The molecule has 0 spiro atoms. The molecule has 0 bridgehead atoms. The number of aromatic nitrogens is 1. The third kappa shape index (κ3) is 4.25. The van der Waals surface area contributed by atoms with Gasteiger partial charge >= 0.3 is 0 Å². The highest BCUT2D eigenvalue weighted by Gasteiger charge is 2.08. The maximum Gasteiger partial charge on any atom is 0.270 e. The molecule has 5 nitrogen and oxygen atoms in total. The van der Waals surface area contributed by atoms with Gasteiger partial charge in [0.15, 0.2) is 0 Å². The van der Waals surface area contributed by atoms with Crippen LogP contribution in [0.1, 0.15) is 27.2 Å². The van der Waals surface area contributed by atoms with E-state index < -0.39 is 0 Å². The molecule has 2 N–H and O–H groups in total. The van der Waals surface area contributed by atoms with Crippen LogP contribution in [0.4, 0.5) is 11.4 Å². The van der Waals surface area contributed by atoms with Crippen molar-refractivity contribution in [3.63, 3.8) is 0 Å². The first-order valence-corrected chi connectivity index (χ1v) is 8.21. The lowest BCUT2D eigenvalue weighted by molar-refractivity contribution is 0.0946. The third-order valence-corrected chi connectivity index (χ3v) is 3.90. The van der Waals surface area contributed by atoms with Crippen molar-refractivity contribution >= 4 is 17.3 Å². The van der Waals surface area contributed by atoms with Gasteiger partial charge in [-0.15, -0.1) is 0 Å². The van der Waals surface area contributed by atoms with Crippen molar-refractivity contribution in [2.75, 3.05) is 5.32 Å². The molecular formula is C21H18N4O. The standard InChI is InChI=1S/C21H18N4O/c1-15-6-8-16(9-7-15)13-24-21(26)20-11-10-18(14-23-20)25-19-5-3-2-4-17(19)12-22/h2-11,14,25H,13H2,1H3,(H,24,26). The molecule has 5 heteroatoms. The van der Waals surface area contributed by atoms with Crippen LogP contribution in [-0.4, -0.2) is 10.9 Å². The first kappa shape index (κ1) is 17.2. The highest BCUT2D eigenvalue weighted by atomic mass is 16.1. The van der Waals surface area contributed by atoms with E-state index in [1.54, 1.807) is 24.4 Å². The van der Waals surface area contributed by atoms with Gasteiger partial charge < -0.3 is 10.6 Å². The van der Waals surface area contributed by atoms with Gasteiger partial charge in [-0.1, -0.05) is 42.0 Å². The zero-order valence-electron chi connectivity index (χ0n) is 14.4. The summed E-state index contributed by atoms with van der Waals surface area (Å²) in [4.78, 5) is 16.4. The van der Waals surface area contributed by atoms with Gasteiger partial charge in [0.25, 0.3) is 5.91 Å². The molecule has 0 saturated carbocycles. The average Bonchev–Trinajstić information content (AvgIpc) is 2.68. The summed E-state index contributed by atoms with van der Waals surface area (Å²) in [6.45, 7) is 2.48. The molecule has 128 valence electrons. The number of nitrogens with zero attached hydrogens (tertiary/aromatic N) is 2. The molecule has 26 heavy (non-hydrogen) atoms. The molecule has 1 aromatic heterocycles. The molecule has 1 heterocycles. The highest BCUT2D eigenvalue weighted by Crippen LogP contribution is 2.19. The first-order chi connectivity index (χ1) is 12.7. The second kappa shape index (κ2) is 7.95. The monoisotopic (exact) mass is 342 g/mol. The van der Waals surface area contributed by atoms with Crippen LogP contribution in [0.2, 0.25) is 0 Å². The number of carbonyl (C=O) groups is 1. The SMILES string of the molecule is Cc1ccc(CNC(=O)c2ccc(Nc3ccccc3C#N)cn2)cc1. The van der Waals surface area contributed by atoms with E-state index >= 15 is 0 Å². The minimum absolute atomic E-state index is 0.227. The maximum atomic E-state index is 12.2. The molecule has 0 aliphatic rings. The number of rotatable bonds is 5. The summed E-state index contributed by atoms with van der Waals surface area (Å²) in [7, 11) is 0. The van der Waals surface area contributed by atoms with E-state index in [1.165, 1.54) is 5.56 Å². The Bertz CT molecular complexity index is 941. The predicted molar refractivity (Wildman–Crippen MR) is 101 cm³/mol. The topological polar surface area (TPSA) is 77.8 Å². The van der Waals surface area contributed by atoms with Crippen LogP contribution in [0, 0.1) is 18.3 Å². The lowest BCUT2D eigenvalue weighted by Gasteiger charge is -2.09. The third-order valence-electron chi connectivity index (χ3n) is 3.90. The number of nitriles is 1. The van der Waals surface area contributed by atoms with Gasteiger partial charge in [0.1, 0.15) is 11.8 Å². The number of hydrogen-bond acceptors (Lipinski definition) is 4. The fourth-order valence-corrected chi connectivity index (χ4v) is 2.43. The second-order valence-corrected chi connectivity index (χ2v) is 5.88. The zero-order chi connectivity index (χ0) is 18.4. The Hall–Kier alpha value is -3.65. The van der Waals surface area contributed by atoms with Crippen molar-refractivity contribution in [2.45, 2.75) is 13.5 Å². The van der Waals surface area contributed by atoms with Gasteiger partial charge in [0.05, 0.1) is 23.1 Å². The average molecular weight is 342 g/mol. The molecule has 0 fully saturated rings. The number of pyridine rings is 1. The lowest BCUT2D eigenvalue weighted by atomic mass is 10.1. The summed E-state index contributed by atoms with van der Waals surface area (Å²) >= 11 is 0. The molecule has 0 radical (unpaired) electrons. The van der Waals surface area contributed by atoms with Gasteiger partial charge in [-0.3, -0.25) is 4.79 Å². The molecule has 3 rings (SSSR count). The largest absolute Gasteiger partial charge is 0.353 e. The summed E-state index contributed by atoms with van der Waals surface area (Å²) in [6, 6.07) is 20.8. The normalized spacial score (nSPS) is 10.0. The van der Waals surface area contributed by atoms with Gasteiger partial charge in [0.2, 0.25) is 0 Å². The lowest BCUT2D eigenvalue weighted by Crippen LogP contribution is -2.23. The number of para-hydroxylation sites is 1.